The number of ether oxygens (including phenoxy) is 2. The number of para-hydroxylation sites is 1. The highest BCUT2D eigenvalue weighted by molar-refractivity contribution is 6.03. The summed E-state index contributed by atoms with van der Waals surface area (Å²) in [4.78, 5) is 28.8. The smallest absolute Gasteiger partial charge is 0.245 e. The fraction of sp³-hybridized carbons (Fsp3) is 0.333. The van der Waals surface area contributed by atoms with Gasteiger partial charge < -0.3 is 14.4 Å². The molecule has 0 radical (unpaired) electrons. The molecule has 2 saturated heterocycles. The van der Waals surface area contributed by atoms with Crippen LogP contribution in [0, 0.1) is 0 Å². The Hall–Kier alpha value is -2.86. The average Bonchev–Trinajstić information content (AvgIpc) is 3.11. The molecule has 1 unspecified atom stereocenters. The van der Waals surface area contributed by atoms with Crippen molar-refractivity contribution in [2.24, 2.45) is 0 Å². The van der Waals surface area contributed by atoms with Crippen molar-refractivity contribution in [1.82, 2.24) is 4.90 Å². The normalized spacial score (nSPS) is 20.0. The van der Waals surface area contributed by atoms with Crippen molar-refractivity contribution in [3.8, 4) is 11.5 Å². The SMILES string of the molecule is O=C(C1CCC(=O)N1c1ccc(Oc2ccccc2)cc1)N1CCOCC1. The van der Waals surface area contributed by atoms with Crippen LogP contribution in [0.3, 0.4) is 0 Å². The van der Waals surface area contributed by atoms with E-state index in [0.717, 1.165) is 11.4 Å². The molecular weight excluding hydrogens is 344 g/mol. The number of amides is 2. The Morgan fingerprint density at radius 1 is 0.963 bits per heavy atom. The molecule has 2 amide bonds. The number of morpholine rings is 1. The van der Waals surface area contributed by atoms with Crippen LogP contribution >= 0.6 is 0 Å². The lowest BCUT2D eigenvalue weighted by Gasteiger charge is -2.32. The molecular formula is C21H22N2O4. The number of carbonyl (C=O) groups excluding carboxylic acids is 2. The molecule has 1 atom stereocenters. The van der Waals surface area contributed by atoms with Crippen LogP contribution in [0.2, 0.25) is 0 Å². The molecule has 2 aliphatic rings. The monoisotopic (exact) mass is 366 g/mol. The first-order valence-electron chi connectivity index (χ1n) is 9.24. The zero-order valence-electron chi connectivity index (χ0n) is 15.0. The number of hydrogen-bond donors (Lipinski definition) is 0. The molecule has 0 spiro atoms. The molecule has 4 rings (SSSR count). The Balaban J connectivity index is 1.50. The quantitative estimate of drug-likeness (QED) is 0.835. The summed E-state index contributed by atoms with van der Waals surface area (Å²) in [7, 11) is 0. The number of benzene rings is 2. The van der Waals surface area contributed by atoms with E-state index in [1.54, 1.807) is 9.80 Å². The number of anilines is 1. The first-order chi connectivity index (χ1) is 13.2. The van der Waals surface area contributed by atoms with E-state index in [0.29, 0.717) is 44.9 Å². The van der Waals surface area contributed by atoms with Gasteiger partial charge in [-0.2, -0.15) is 0 Å². The van der Waals surface area contributed by atoms with Gasteiger partial charge in [0.05, 0.1) is 13.2 Å². The van der Waals surface area contributed by atoms with E-state index < -0.39 is 6.04 Å². The molecule has 2 fully saturated rings. The second-order valence-corrected chi connectivity index (χ2v) is 6.66. The predicted octanol–water partition coefficient (Wildman–Crippen LogP) is 2.83. The number of rotatable bonds is 4. The summed E-state index contributed by atoms with van der Waals surface area (Å²) in [6.45, 7) is 2.28. The largest absolute Gasteiger partial charge is 0.457 e. The van der Waals surface area contributed by atoms with Crippen LogP contribution in [-0.4, -0.2) is 49.1 Å². The van der Waals surface area contributed by atoms with E-state index in [9.17, 15) is 9.59 Å². The summed E-state index contributed by atoms with van der Waals surface area (Å²) in [5.41, 5.74) is 0.726. The summed E-state index contributed by atoms with van der Waals surface area (Å²) in [5.74, 6) is 1.43. The second kappa shape index (κ2) is 7.80. The van der Waals surface area contributed by atoms with Gasteiger partial charge in [0.2, 0.25) is 11.8 Å². The Labute approximate surface area is 158 Å². The third-order valence-corrected chi connectivity index (χ3v) is 4.91. The molecule has 2 aromatic carbocycles. The summed E-state index contributed by atoms with van der Waals surface area (Å²) < 4.78 is 11.1. The highest BCUT2D eigenvalue weighted by Crippen LogP contribution is 2.30. The lowest BCUT2D eigenvalue weighted by atomic mass is 10.1. The van der Waals surface area contributed by atoms with Gasteiger partial charge in [-0.15, -0.1) is 0 Å². The lowest BCUT2D eigenvalue weighted by molar-refractivity contribution is -0.137. The summed E-state index contributed by atoms with van der Waals surface area (Å²) >= 11 is 0. The molecule has 2 aromatic rings. The van der Waals surface area contributed by atoms with Gasteiger partial charge in [0, 0.05) is 25.2 Å². The fourth-order valence-electron chi connectivity index (χ4n) is 3.54. The van der Waals surface area contributed by atoms with Crippen molar-refractivity contribution < 1.29 is 19.1 Å². The third kappa shape index (κ3) is 3.80. The molecule has 0 N–H and O–H groups in total. The molecule has 6 nitrogen and oxygen atoms in total. The first kappa shape index (κ1) is 17.5. The Bertz CT molecular complexity index is 801. The molecule has 0 aliphatic carbocycles. The van der Waals surface area contributed by atoms with E-state index in [1.165, 1.54) is 0 Å². The first-order valence-corrected chi connectivity index (χ1v) is 9.24. The maximum Gasteiger partial charge on any atom is 0.245 e. The molecule has 0 aromatic heterocycles. The predicted molar refractivity (Wildman–Crippen MR) is 101 cm³/mol. The fourth-order valence-corrected chi connectivity index (χ4v) is 3.54. The van der Waals surface area contributed by atoms with Crippen molar-refractivity contribution in [2.75, 3.05) is 31.2 Å². The van der Waals surface area contributed by atoms with E-state index in [1.807, 2.05) is 54.6 Å². The van der Waals surface area contributed by atoms with Gasteiger partial charge in [-0.1, -0.05) is 18.2 Å². The Kier molecular flexibility index (Phi) is 5.07. The summed E-state index contributed by atoms with van der Waals surface area (Å²) in [5, 5.41) is 0. The zero-order valence-corrected chi connectivity index (χ0v) is 15.0. The van der Waals surface area contributed by atoms with E-state index >= 15 is 0 Å². The topological polar surface area (TPSA) is 59.1 Å². The van der Waals surface area contributed by atoms with Gasteiger partial charge in [0.1, 0.15) is 17.5 Å². The van der Waals surface area contributed by atoms with Crippen LogP contribution < -0.4 is 9.64 Å². The van der Waals surface area contributed by atoms with Gasteiger partial charge >= 0.3 is 0 Å². The Morgan fingerprint density at radius 3 is 2.33 bits per heavy atom. The minimum absolute atomic E-state index is 0.00811. The molecule has 2 heterocycles. The maximum atomic E-state index is 12.9. The van der Waals surface area contributed by atoms with E-state index in [2.05, 4.69) is 0 Å². The van der Waals surface area contributed by atoms with Crippen LogP contribution in [0.4, 0.5) is 5.69 Å². The molecule has 2 aliphatic heterocycles. The van der Waals surface area contributed by atoms with Gasteiger partial charge in [-0.05, 0) is 42.8 Å². The third-order valence-electron chi connectivity index (χ3n) is 4.91. The molecule has 6 heteroatoms. The minimum Gasteiger partial charge on any atom is -0.457 e. The maximum absolute atomic E-state index is 12.9. The van der Waals surface area contributed by atoms with Crippen LogP contribution in [0.1, 0.15) is 12.8 Å². The van der Waals surface area contributed by atoms with Gasteiger partial charge in [0.15, 0.2) is 0 Å². The summed E-state index contributed by atoms with van der Waals surface area (Å²) in [6.07, 6.45) is 0.945. The number of carbonyl (C=O) groups is 2. The van der Waals surface area contributed by atoms with Gasteiger partial charge in [-0.3, -0.25) is 14.5 Å². The van der Waals surface area contributed by atoms with Crippen molar-refractivity contribution >= 4 is 17.5 Å². The van der Waals surface area contributed by atoms with Crippen LogP contribution in [0.25, 0.3) is 0 Å². The molecule has 27 heavy (non-hydrogen) atoms. The molecule has 0 saturated carbocycles. The molecule has 140 valence electrons. The van der Waals surface area contributed by atoms with Crippen molar-refractivity contribution in [2.45, 2.75) is 18.9 Å². The van der Waals surface area contributed by atoms with Crippen LogP contribution in [0.5, 0.6) is 11.5 Å². The van der Waals surface area contributed by atoms with Crippen molar-refractivity contribution in [3.63, 3.8) is 0 Å². The number of nitrogens with zero attached hydrogens (tertiary/aromatic N) is 2. The highest BCUT2D eigenvalue weighted by atomic mass is 16.5. The molecule has 0 bridgehead atoms. The van der Waals surface area contributed by atoms with Crippen molar-refractivity contribution in [1.29, 1.82) is 0 Å². The standard InChI is InChI=1S/C21H22N2O4/c24-20-11-10-19(21(25)22-12-14-26-15-13-22)23(20)16-6-8-18(9-7-16)27-17-4-2-1-3-5-17/h1-9,19H,10-15H2. The van der Waals surface area contributed by atoms with Gasteiger partial charge in [0.25, 0.3) is 0 Å². The van der Waals surface area contributed by atoms with Gasteiger partial charge in [-0.25, -0.2) is 0 Å². The zero-order chi connectivity index (χ0) is 18.6. The van der Waals surface area contributed by atoms with Crippen LogP contribution in [0.15, 0.2) is 54.6 Å². The lowest BCUT2D eigenvalue weighted by Crippen LogP contribution is -2.50. The van der Waals surface area contributed by atoms with Crippen LogP contribution in [-0.2, 0) is 14.3 Å². The minimum atomic E-state index is -0.434. The average molecular weight is 366 g/mol. The summed E-state index contributed by atoms with van der Waals surface area (Å²) in [6, 6.07) is 16.4. The Morgan fingerprint density at radius 2 is 1.63 bits per heavy atom. The van der Waals surface area contributed by atoms with E-state index in [4.69, 9.17) is 9.47 Å². The van der Waals surface area contributed by atoms with Crippen molar-refractivity contribution in [3.05, 3.63) is 54.6 Å². The number of hydrogen-bond acceptors (Lipinski definition) is 4. The highest BCUT2D eigenvalue weighted by Gasteiger charge is 2.39. The second-order valence-electron chi connectivity index (χ2n) is 6.66. The van der Waals surface area contributed by atoms with E-state index in [-0.39, 0.29) is 11.8 Å².